The second kappa shape index (κ2) is 6.05. The highest BCUT2D eigenvalue weighted by atomic mass is 32.2. The van der Waals surface area contributed by atoms with Gasteiger partial charge in [0.15, 0.2) is 4.34 Å². The zero-order chi connectivity index (χ0) is 12.1. The van der Waals surface area contributed by atoms with E-state index in [0.717, 1.165) is 16.0 Å². The standard InChI is InChI=1S/C9H16N4OS2/c1-5-10-8-11-12-9(16-8)15-6(2)7(14)13(3)4/h6H,5H2,1-4H3,(H,10,11)/t6-/m1/s1. The molecule has 0 fully saturated rings. The summed E-state index contributed by atoms with van der Waals surface area (Å²) in [4.78, 5) is 13.2. The molecule has 7 heteroatoms. The number of carbonyl (C=O) groups excluding carboxylic acids is 1. The van der Waals surface area contributed by atoms with E-state index in [1.54, 1.807) is 19.0 Å². The van der Waals surface area contributed by atoms with Crippen molar-refractivity contribution in [2.45, 2.75) is 23.4 Å². The summed E-state index contributed by atoms with van der Waals surface area (Å²) >= 11 is 2.91. The molecule has 5 nitrogen and oxygen atoms in total. The first-order chi connectivity index (χ1) is 7.54. The average molecular weight is 260 g/mol. The van der Waals surface area contributed by atoms with E-state index in [1.165, 1.54) is 23.1 Å². The molecule has 0 unspecified atom stereocenters. The van der Waals surface area contributed by atoms with Crippen molar-refractivity contribution in [1.29, 1.82) is 0 Å². The molecular formula is C9H16N4OS2. The van der Waals surface area contributed by atoms with Crippen molar-refractivity contribution < 1.29 is 4.79 Å². The molecule has 1 rings (SSSR count). The number of hydrogen-bond acceptors (Lipinski definition) is 6. The fraction of sp³-hybridized carbons (Fsp3) is 0.667. The van der Waals surface area contributed by atoms with Crippen LogP contribution in [-0.2, 0) is 4.79 Å². The van der Waals surface area contributed by atoms with Gasteiger partial charge in [-0.1, -0.05) is 23.1 Å². The van der Waals surface area contributed by atoms with Gasteiger partial charge >= 0.3 is 0 Å². The van der Waals surface area contributed by atoms with Crippen molar-refractivity contribution in [2.24, 2.45) is 0 Å². The number of nitrogens with one attached hydrogen (secondary N) is 1. The van der Waals surface area contributed by atoms with Gasteiger partial charge in [0.25, 0.3) is 0 Å². The van der Waals surface area contributed by atoms with E-state index in [9.17, 15) is 4.79 Å². The van der Waals surface area contributed by atoms with E-state index in [4.69, 9.17) is 0 Å². The topological polar surface area (TPSA) is 58.1 Å². The van der Waals surface area contributed by atoms with Gasteiger partial charge in [-0.25, -0.2) is 0 Å². The molecule has 0 bridgehead atoms. The van der Waals surface area contributed by atoms with Crippen LogP contribution in [0.5, 0.6) is 0 Å². The van der Waals surface area contributed by atoms with Gasteiger partial charge in [0.2, 0.25) is 11.0 Å². The van der Waals surface area contributed by atoms with Gasteiger partial charge in [-0.2, -0.15) is 0 Å². The Morgan fingerprint density at radius 3 is 2.81 bits per heavy atom. The monoisotopic (exact) mass is 260 g/mol. The molecule has 0 aliphatic rings. The molecule has 0 radical (unpaired) electrons. The normalized spacial score (nSPS) is 12.2. The molecule has 0 aliphatic carbocycles. The Bertz CT molecular complexity index is 353. The number of anilines is 1. The minimum Gasteiger partial charge on any atom is -0.360 e. The predicted molar refractivity (Wildman–Crippen MR) is 68.1 cm³/mol. The van der Waals surface area contributed by atoms with E-state index in [0.29, 0.717) is 0 Å². The molecule has 1 N–H and O–H groups in total. The maximum absolute atomic E-state index is 11.6. The minimum absolute atomic E-state index is 0.0881. The van der Waals surface area contributed by atoms with Gasteiger partial charge in [0.05, 0.1) is 5.25 Å². The lowest BCUT2D eigenvalue weighted by molar-refractivity contribution is -0.127. The number of hydrogen-bond donors (Lipinski definition) is 1. The van der Waals surface area contributed by atoms with Gasteiger partial charge in [-0.15, -0.1) is 10.2 Å². The summed E-state index contributed by atoms with van der Waals surface area (Å²) in [5, 5.41) is 11.8. The van der Waals surface area contributed by atoms with Crippen LogP contribution < -0.4 is 5.32 Å². The number of aromatic nitrogens is 2. The molecule has 1 atom stereocenters. The number of nitrogens with zero attached hydrogens (tertiary/aromatic N) is 3. The zero-order valence-corrected chi connectivity index (χ0v) is 11.5. The van der Waals surface area contributed by atoms with Crippen molar-refractivity contribution in [3.05, 3.63) is 0 Å². The van der Waals surface area contributed by atoms with Crippen LogP contribution in [0.2, 0.25) is 0 Å². The largest absolute Gasteiger partial charge is 0.360 e. The van der Waals surface area contributed by atoms with E-state index in [-0.39, 0.29) is 11.2 Å². The summed E-state index contributed by atoms with van der Waals surface area (Å²) in [7, 11) is 3.51. The van der Waals surface area contributed by atoms with Gasteiger partial charge in [0.1, 0.15) is 0 Å². The van der Waals surface area contributed by atoms with Crippen LogP contribution in [0.15, 0.2) is 4.34 Å². The summed E-state index contributed by atoms with van der Waals surface area (Å²) in [5.41, 5.74) is 0. The first-order valence-electron chi connectivity index (χ1n) is 4.99. The average Bonchev–Trinajstić information content (AvgIpc) is 2.65. The van der Waals surface area contributed by atoms with Crippen LogP contribution in [0.3, 0.4) is 0 Å². The molecule has 1 aromatic rings. The molecule has 1 heterocycles. The lowest BCUT2D eigenvalue weighted by Gasteiger charge is -2.14. The summed E-state index contributed by atoms with van der Waals surface area (Å²) < 4.78 is 0.818. The van der Waals surface area contributed by atoms with Crippen molar-refractivity contribution in [1.82, 2.24) is 15.1 Å². The Balaban J connectivity index is 2.55. The molecule has 1 aromatic heterocycles. The Hall–Kier alpha value is -0.820. The van der Waals surface area contributed by atoms with E-state index < -0.39 is 0 Å². The predicted octanol–water partition coefficient (Wildman–Crippen LogP) is 1.54. The number of thioether (sulfide) groups is 1. The van der Waals surface area contributed by atoms with Crippen LogP contribution in [-0.4, -0.2) is 46.9 Å². The molecule has 0 aliphatic heterocycles. The molecule has 0 spiro atoms. The number of rotatable bonds is 5. The Labute approximate surface area is 104 Å². The number of carbonyl (C=O) groups is 1. The van der Waals surface area contributed by atoms with Crippen LogP contribution in [0.1, 0.15) is 13.8 Å². The number of amides is 1. The van der Waals surface area contributed by atoms with E-state index in [1.807, 2.05) is 13.8 Å². The molecule has 1 amide bonds. The van der Waals surface area contributed by atoms with Gasteiger partial charge in [-0.05, 0) is 13.8 Å². The van der Waals surface area contributed by atoms with Crippen molar-refractivity contribution >= 4 is 34.1 Å². The fourth-order valence-corrected chi connectivity index (χ4v) is 3.15. The summed E-state index contributed by atoms with van der Waals surface area (Å²) in [6, 6.07) is 0. The third-order valence-corrected chi connectivity index (χ3v) is 3.85. The molecule has 90 valence electrons. The zero-order valence-electron chi connectivity index (χ0n) is 9.85. The van der Waals surface area contributed by atoms with Crippen molar-refractivity contribution in [3.8, 4) is 0 Å². The second-order valence-electron chi connectivity index (χ2n) is 3.40. The van der Waals surface area contributed by atoms with E-state index in [2.05, 4.69) is 15.5 Å². The van der Waals surface area contributed by atoms with Crippen LogP contribution in [0.25, 0.3) is 0 Å². The summed E-state index contributed by atoms with van der Waals surface area (Å²) in [5.74, 6) is 0.0881. The third-order valence-electron chi connectivity index (χ3n) is 1.80. The maximum Gasteiger partial charge on any atom is 0.235 e. The third kappa shape index (κ3) is 3.64. The lowest BCUT2D eigenvalue weighted by atomic mass is 10.4. The van der Waals surface area contributed by atoms with Crippen LogP contribution in [0.4, 0.5) is 5.13 Å². The smallest absolute Gasteiger partial charge is 0.235 e. The van der Waals surface area contributed by atoms with Gasteiger partial charge in [0, 0.05) is 20.6 Å². The van der Waals surface area contributed by atoms with Gasteiger partial charge in [-0.3, -0.25) is 4.79 Å². The summed E-state index contributed by atoms with van der Waals surface area (Å²) in [6.45, 7) is 4.71. The molecule has 0 saturated heterocycles. The highest BCUT2D eigenvalue weighted by molar-refractivity contribution is 8.02. The Morgan fingerprint density at radius 1 is 1.56 bits per heavy atom. The highest BCUT2D eigenvalue weighted by Crippen LogP contribution is 2.29. The summed E-state index contributed by atoms with van der Waals surface area (Å²) in [6.07, 6.45) is 0. The maximum atomic E-state index is 11.6. The Kier molecular flexibility index (Phi) is 5.01. The SMILES string of the molecule is CCNc1nnc(S[C@H](C)C(=O)N(C)C)s1. The minimum atomic E-state index is -0.127. The highest BCUT2D eigenvalue weighted by Gasteiger charge is 2.18. The van der Waals surface area contributed by atoms with Crippen LogP contribution >= 0.6 is 23.1 Å². The van der Waals surface area contributed by atoms with Crippen molar-refractivity contribution in [3.63, 3.8) is 0 Å². The second-order valence-corrected chi connectivity index (χ2v) is 5.96. The first-order valence-corrected chi connectivity index (χ1v) is 6.69. The Morgan fingerprint density at radius 2 is 2.25 bits per heavy atom. The van der Waals surface area contributed by atoms with Crippen molar-refractivity contribution in [2.75, 3.05) is 26.0 Å². The molecule has 0 aromatic carbocycles. The fourth-order valence-electron chi connectivity index (χ4n) is 1.05. The molecular weight excluding hydrogens is 244 g/mol. The quantitative estimate of drug-likeness (QED) is 0.814. The van der Waals surface area contributed by atoms with E-state index >= 15 is 0 Å². The molecule has 0 saturated carbocycles. The lowest BCUT2D eigenvalue weighted by Crippen LogP contribution is -2.29. The van der Waals surface area contributed by atoms with Crippen LogP contribution in [0, 0.1) is 0 Å². The van der Waals surface area contributed by atoms with Gasteiger partial charge < -0.3 is 10.2 Å². The molecule has 16 heavy (non-hydrogen) atoms. The first kappa shape index (κ1) is 13.2.